The fourth-order valence-corrected chi connectivity index (χ4v) is 3.03. The lowest BCUT2D eigenvalue weighted by atomic mass is 10.1. The predicted octanol–water partition coefficient (Wildman–Crippen LogP) is 2.90. The van der Waals surface area contributed by atoms with Crippen LogP contribution < -0.4 is 15.5 Å². The van der Waals surface area contributed by atoms with Crippen LogP contribution in [0.15, 0.2) is 30.3 Å². The van der Waals surface area contributed by atoms with E-state index in [1.54, 1.807) is 0 Å². The summed E-state index contributed by atoms with van der Waals surface area (Å²) in [7, 11) is 3.95. The molecule has 0 aliphatic carbocycles. The molecule has 2 heterocycles. The fourth-order valence-electron chi connectivity index (χ4n) is 3.03. The Morgan fingerprint density at radius 2 is 2.08 bits per heavy atom. The summed E-state index contributed by atoms with van der Waals surface area (Å²) in [6.07, 6.45) is 2.82. The van der Waals surface area contributed by atoms with Crippen LogP contribution in [0.25, 0.3) is 10.9 Å². The molecule has 2 aromatic rings. The van der Waals surface area contributed by atoms with E-state index in [-0.39, 0.29) is 30.7 Å². The largest absolute Gasteiger partial charge is 0.363 e. The number of hydrogen-bond donors (Lipinski definition) is 2. The van der Waals surface area contributed by atoms with Crippen LogP contribution in [0.4, 0.5) is 5.82 Å². The van der Waals surface area contributed by atoms with Crippen molar-refractivity contribution in [1.82, 2.24) is 15.6 Å². The Hall–Kier alpha value is -1.56. The van der Waals surface area contributed by atoms with Gasteiger partial charge in [-0.2, -0.15) is 0 Å². The number of halogens is 2. The average molecular weight is 385 g/mol. The minimum Gasteiger partial charge on any atom is -0.363 e. The molecule has 25 heavy (non-hydrogen) atoms. The van der Waals surface area contributed by atoms with Crippen LogP contribution >= 0.6 is 24.8 Å². The molecule has 1 aliphatic rings. The highest BCUT2D eigenvalue weighted by molar-refractivity contribution is 5.86. The molecule has 3 rings (SSSR count). The Balaban J connectivity index is 0.00000156. The fraction of sp³-hybridized carbons (Fsp3) is 0.444. The number of pyridine rings is 1. The van der Waals surface area contributed by atoms with Crippen LogP contribution in [-0.2, 0) is 11.3 Å². The highest BCUT2D eigenvalue weighted by Gasteiger charge is 2.17. The lowest BCUT2D eigenvalue weighted by Gasteiger charge is -2.16. The van der Waals surface area contributed by atoms with E-state index in [1.807, 2.05) is 37.2 Å². The van der Waals surface area contributed by atoms with E-state index in [4.69, 9.17) is 0 Å². The molecule has 1 saturated heterocycles. The van der Waals surface area contributed by atoms with Gasteiger partial charge >= 0.3 is 0 Å². The predicted molar refractivity (Wildman–Crippen MR) is 108 cm³/mol. The first-order valence-electron chi connectivity index (χ1n) is 8.19. The highest BCUT2D eigenvalue weighted by atomic mass is 35.5. The summed E-state index contributed by atoms with van der Waals surface area (Å²) in [4.78, 5) is 18.8. The van der Waals surface area contributed by atoms with E-state index >= 15 is 0 Å². The van der Waals surface area contributed by atoms with Gasteiger partial charge in [0, 0.05) is 38.5 Å². The van der Waals surface area contributed by atoms with Gasteiger partial charge in [0.05, 0.1) is 5.52 Å². The first-order valence-corrected chi connectivity index (χ1v) is 8.19. The number of nitrogens with zero attached hydrogens (tertiary/aromatic N) is 2. The number of anilines is 1. The lowest BCUT2D eigenvalue weighted by Crippen LogP contribution is -2.31. The van der Waals surface area contributed by atoms with Crippen molar-refractivity contribution < 1.29 is 4.79 Å². The van der Waals surface area contributed by atoms with Gasteiger partial charge in [0.25, 0.3) is 0 Å². The van der Waals surface area contributed by atoms with E-state index < -0.39 is 0 Å². The molecular weight excluding hydrogens is 359 g/mol. The molecule has 0 bridgehead atoms. The minimum atomic E-state index is 0. The van der Waals surface area contributed by atoms with Crippen molar-refractivity contribution in [2.75, 3.05) is 25.5 Å². The number of carbonyl (C=O) groups is 1. The van der Waals surface area contributed by atoms with Crippen molar-refractivity contribution in [3.05, 3.63) is 35.9 Å². The molecule has 1 aromatic heterocycles. The van der Waals surface area contributed by atoms with E-state index in [9.17, 15) is 4.79 Å². The van der Waals surface area contributed by atoms with Crippen LogP contribution in [0.1, 0.15) is 24.8 Å². The van der Waals surface area contributed by atoms with E-state index in [1.165, 1.54) is 6.42 Å². The smallest absolute Gasteiger partial charge is 0.221 e. The molecule has 1 fully saturated rings. The molecule has 1 aromatic carbocycles. The van der Waals surface area contributed by atoms with Gasteiger partial charge in [-0.05, 0) is 37.1 Å². The maximum Gasteiger partial charge on any atom is 0.221 e. The van der Waals surface area contributed by atoms with Gasteiger partial charge < -0.3 is 15.5 Å². The molecule has 138 valence electrons. The monoisotopic (exact) mass is 384 g/mol. The third-order valence-electron chi connectivity index (χ3n) is 4.32. The molecule has 0 saturated carbocycles. The van der Waals surface area contributed by atoms with Gasteiger partial charge in [0.1, 0.15) is 5.82 Å². The second kappa shape index (κ2) is 9.80. The van der Waals surface area contributed by atoms with Crippen molar-refractivity contribution in [2.24, 2.45) is 0 Å². The summed E-state index contributed by atoms with van der Waals surface area (Å²) in [6.45, 7) is 1.56. The molecule has 1 amide bonds. The van der Waals surface area contributed by atoms with Crippen molar-refractivity contribution in [3.63, 3.8) is 0 Å². The van der Waals surface area contributed by atoms with E-state index in [2.05, 4.69) is 27.8 Å². The van der Waals surface area contributed by atoms with Crippen LogP contribution in [0.5, 0.6) is 0 Å². The van der Waals surface area contributed by atoms with Crippen LogP contribution in [0.3, 0.4) is 0 Å². The molecular formula is C18H26Cl2N4O. The number of rotatable bonds is 5. The van der Waals surface area contributed by atoms with E-state index in [0.717, 1.165) is 35.2 Å². The Kier molecular flexibility index (Phi) is 8.42. The third kappa shape index (κ3) is 5.46. The minimum absolute atomic E-state index is 0. The summed E-state index contributed by atoms with van der Waals surface area (Å²) in [6, 6.07) is 10.5. The summed E-state index contributed by atoms with van der Waals surface area (Å²) >= 11 is 0. The highest BCUT2D eigenvalue weighted by Crippen LogP contribution is 2.22. The molecule has 2 N–H and O–H groups in total. The van der Waals surface area contributed by atoms with Gasteiger partial charge in [-0.1, -0.05) is 18.2 Å². The van der Waals surface area contributed by atoms with Crippen LogP contribution in [0, 0.1) is 0 Å². The Morgan fingerprint density at radius 1 is 1.32 bits per heavy atom. The normalized spacial score (nSPS) is 16.0. The zero-order valence-corrected chi connectivity index (χ0v) is 16.3. The number of para-hydroxylation sites is 1. The number of hydrogen-bond acceptors (Lipinski definition) is 4. The zero-order chi connectivity index (χ0) is 16.2. The Labute approximate surface area is 161 Å². The van der Waals surface area contributed by atoms with E-state index in [0.29, 0.717) is 19.0 Å². The van der Waals surface area contributed by atoms with Crippen molar-refractivity contribution in [1.29, 1.82) is 0 Å². The SMILES string of the molecule is CN(C)c1cc(CNC(=O)CC2CCCN2)c2ccccc2n1.Cl.Cl. The standard InChI is InChI=1S/C18H24N4O.2ClH/c1-22(2)17-10-13(15-7-3-4-8-16(15)21-17)12-20-18(23)11-14-6-5-9-19-14;;/h3-4,7-8,10,14,19H,5-6,9,11-12H2,1-2H3,(H,20,23);2*1H. The lowest BCUT2D eigenvalue weighted by molar-refractivity contribution is -0.121. The first-order chi connectivity index (χ1) is 11.1. The molecule has 7 heteroatoms. The van der Waals surface area contributed by atoms with Gasteiger partial charge in [0.15, 0.2) is 0 Å². The van der Waals surface area contributed by atoms with Crippen LogP contribution in [0.2, 0.25) is 0 Å². The summed E-state index contributed by atoms with van der Waals surface area (Å²) < 4.78 is 0. The molecule has 1 atom stereocenters. The summed E-state index contributed by atoms with van der Waals surface area (Å²) in [5.74, 6) is 1.02. The molecule has 5 nitrogen and oxygen atoms in total. The number of amides is 1. The first kappa shape index (κ1) is 21.5. The summed E-state index contributed by atoms with van der Waals surface area (Å²) in [5.41, 5.74) is 2.06. The molecule has 1 unspecified atom stereocenters. The topological polar surface area (TPSA) is 57.3 Å². The second-order valence-corrected chi connectivity index (χ2v) is 6.33. The van der Waals surface area contributed by atoms with Crippen molar-refractivity contribution in [2.45, 2.75) is 31.8 Å². The molecule has 1 aliphatic heterocycles. The number of nitrogens with one attached hydrogen (secondary N) is 2. The average Bonchev–Trinajstić information content (AvgIpc) is 3.05. The second-order valence-electron chi connectivity index (χ2n) is 6.33. The zero-order valence-electron chi connectivity index (χ0n) is 14.6. The summed E-state index contributed by atoms with van der Waals surface area (Å²) in [5, 5.41) is 7.52. The number of benzene rings is 1. The number of carbonyl (C=O) groups excluding carboxylic acids is 1. The van der Waals surface area contributed by atoms with Gasteiger partial charge in [-0.25, -0.2) is 4.98 Å². The molecule has 0 spiro atoms. The quantitative estimate of drug-likeness (QED) is 0.831. The molecule has 0 radical (unpaired) electrons. The number of fused-ring (bicyclic) bond motifs is 1. The van der Waals surface area contributed by atoms with Crippen LogP contribution in [-0.4, -0.2) is 37.6 Å². The third-order valence-corrected chi connectivity index (χ3v) is 4.32. The number of aromatic nitrogens is 1. The van der Waals surface area contributed by atoms with Crippen molar-refractivity contribution >= 4 is 47.4 Å². The Morgan fingerprint density at radius 3 is 2.76 bits per heavy atom. The Bertz CT molecular complexity index is 703. The van der Waals surface area contributed by atoms with Gasteiger partial charge in [-0.3, -0.25) is 4.79 Å². The van der Waals surface area contributed by atoms with Crippen molar-refractivity contribution in [3.8, 4) is 0 Å². The maximum atomic E-state index is 12.2. The van der Waals surface area contributed by atoms with Gasteiger partial charge in [0.2, 0.25) is 5.91 Å². The maximum absolute atomic E-state index is 12.2. The van der Waals surface area contributed by atoms with Gasteiger partial charge in [-0.15, -0.1) is 24.8 Å².